The van der Waals surface area contributed by atoms with Gasteiger partial charge in [-0.2, -0.15) is 4.98 Å². The summed E-state index contributed by atoms with van der Waals surface area (Å²) in [4.78, 5) is 8.52. The van der Waals surface area contributed by atoms with Crippen LogP contribution in [-0.2, 0) is 7.05 Å². The van der Waals surface area contributed by atoms with Crippen LogP contribution in [-0.4, -0.2) is 19.7 Å². The standard InChI is InChI=1S/C14H12FN5/c1-20-14(17-11-7-3-2-6-10(11)15)18-13(19-20)12-8-4-5-9-16-12/h2-9H,1H3,(H,17,18,19). The van der Waals surface area contributed by atoms with Crippen LogP contribution in [0.15, 0.2) is 48.7 Å². The molecule has 0 atom stereocenters. The number of hydrogen-bond donors (Lipinski definition) is 1. The summed E-state index contributed by atoms with van der Waals surface area (Å²) in [5.41, 5.74) is 1.03. The fourth-order valence-electron chi connectivity index (χ4n) is 1.78. The van der Waals surface area contributed by atoms with Gasteiger partial charge in [0.25, 0.3) is 0 Å². The van der Waals surface area contributed by atoms with Gasteiger partial charge in [0.1, 0.15) is 11.5 Å². The second-order valence-electron chi connectivity index (χ2n) is 4.20. The van der Waals surface area contributed by atoms with Gasteiger partial charge in [-0.1, -0.05) is 18.2 Å². The van der Waals surface area contributed by atoms with Crippen LogP contribution in [0.25, 0.3) is 11.5 Å². The van der Waals surface area contributed by atoms with Crippen LogP contribution >= 0.6 is 0 Å². The quantitative estimate of drug-likeness (QED) is 0.794. The highest BCUT2D eigenvalue weighted by atomic mass is 19.1. The van der Waals surface area contributed by atoms with E-state index < -0.39 is 0 Å². The molecule has 0 aliphatic heterocycles. The van der Waals surface area contributed by atoms with E-state index in [9.17, 15) is 4.39 Å². The maximum Gasteiger partial charge on any atom is 0.226 e. The van der Waals surface area contributed by atoms with Crippen LogP contribution in [0.2, 0.25) is 0 Å². The first-order chi connectivity index (χ1) is 9.74. The van der Waals surface area contributed by atoms with Gasteiger partial charge in [-0.15, -0.1) is 5.10 Å². The number of halogens is 1. The Hall–Kier alpha value is -2.76. The molecule has 3 aromatic rings. The van der Waals surface area contributed by atoms with Gasteiger partial charge in [0.2, 0.25) is 11.8 Å². The monoisotopic (exact) mass is 269 g/mol. The zero-order valence-corrected chi connectivity index (χ0v) is 10.8. The number of aryl methyl sites for hydroxylation is 1. The molecular weight excluding hydrogens is 257 g/mol. The maximum absolute atomic E-state index is 13.6. The number of rotatable bonds is 3. The fourth-order valence-corrected chi connectivity index (χ4v) is 1.78. The predicted molar refractivity (Wildman–Crippen MR) is 73.9 cm³/mol. The Morgan fingerprint density at radius 1 is 1.10 bits per heavy atom. The summed E-state index contributed by atoms with van der Waals surface area (Å²) in [5.74, 6) is 0.609. The number of pyridine rings is 1. The highest BCUT2D eigenvalue weighted by Crippen LogP contribution is 2.20. The Morgan fingerprint density at radius 2 is 1.90 bits per heavy atom. The van der Waals surface area contributed by atoms with Crippen molar-refractivity contribution in [3.63, 3.8) is 0 Å². The van der Waals surface area contributed by atoms with Crippen LogP contribution in [0.3, 0.4) is 0 Å². The van der Waals surface area contributed by atoms with Crippen molar-refractivity contribution in [2.45, 2.75) is 0 Å². The molecule has 1 N–H and O–H groups in total. The molecule has 0 saturated heterocycles. The molecule has 1 aromatic carbocycles. The number of aromatic nitrogens is 4. The second-order valence-corrected chi connectivity index (χ2v) is 4.20. The summed E-state index contributed by atoms with van der Waals surface area (Å²) < 4.78 is 15.2. The molecular formula is C14H12FN5. The van der Waals surface area contributed by atoms with Gasteiger partial charge in [0.05, 0.1) is 5.69 Å². The number of nitrogens with zero attached hydrogens (tertiary/aromatic N) is 4. The highest BCUT2D eigenvalue weighted by Gasteiger charge is 2.11. The van der Waals surface area contributed by atoms with Crippen molar-refractivity contribution < 1.29 is 4.39 Å². The van der Waals surface area contributed by atoms with Crippen molar-refractivity contribution in [1.29, 1.82) is 0 Å². The third-order valence-corrected chi connectivity index (χ3v) is 2.78. The van der Waals surface area contributed by atoms with Crippen molar-refractivity contribution >= 4 is 11.6 Å². The Bertz CT molecular complexity index is 723. The zero-order chi connectivity index (χ0) is 13.9. The molecule has 6 heteroatoms. The van der Waals surface area contributed by atoms with Crippen LogP contribution in [0.5, 0.6) is 0 Å². The average Bonchev–Trinajstić information content (AvgIpc) is 2.84. The Labute approximate surface area is 115 Å². The first-order valence-corrected chi connectivity index (χ1v) is 6.08. The predicted octanol–water partition coefficient (Wildman–Crippen LogP) is 2.76. The minimum Gasteiger partial charge on any atom is -0.322 e. The first kappa shape index (κ1) is 12.3. The summed E-state index contributed by atoms with van der Waals surface area (Å²) in [6.45, 7) is 0. The molecule has 2 aromatic heterocycles. The van der Waals surface area contributed by atoms with Crippen LogP contribution in [0.1, 0.15) is 0 Å². The topological polar surface area (TPSA) is 55.6 Å². The number of anilines is 2. The summed E-state index contributed by atoms with van der Waals surface area (Å²) >= 11 is 0. The lowest BCUT2D eigenvalue weighted by Gasteiger charge is -2.04. The van der Waals surface area contributed by atoms with E-state index in [4.69, 9.17) is 0 Å². The second kappa shape index (κ2) is 5.08. The smallest absolute Gasteiger partial charge is 0.226 e. The molecule has 0 fully saturated rings. The van der Waals surface area contributed by atoms with E-state index in [1.165, 1.54) is 6.07 Å². The molecule has 2 heterocycles. The van der Waals surface area contributed by atoms with E-state index in [2.05, 4.69) is 20.4 Å². The molecule has 5 nitrogen and oxygen atoms in total. The first-order valence-electron chi connectivity index (χ1n) is 6.08. The molecule has 0 aliphatic carbocycles. The molecule has 0 radical (unpaired) electrons. The maximum atomic E-state index is 13.6. The number of benzene rings is 1. The number of para-hydroxylation sites is 1. The number of nitrogens with one attached hydrogen (secondary N) is 1. The summed E-state index contributed by atoms with van der Waals surface area (Å²) in [6.07, 6.45) is 1.68. The SMILES string of the molecule is Cn1nc(-c2ccccn2)nc1Nc1ccccc1F. The molecule has 20 heavy (non-hydrogen) atoms. The number of hydrogen-bond acceptors (Lipinski definition) is 4. The molecule has 0 saturated carbocycles. The van der Waals surface area contributed by atoms with Crippen molar-refractivity contribution in [3.8, 4) is 11.5 Å². The van der Waals surface area contributed by atoms with Gasteiger partial charge in [0, 0.05) is 13.2 Å². The van der Waals surface area contributed by atoms with Gasteiger partial charge in [-0.3, -0.25) is 4.98 Å². The minimum atomic E-state index is -0.338. The van der Waals surface area contributed by atoms with Crippen molar-refractivity contribution in [3.05, 3.63) is 54.5 Å². The molecule has 0 aliphatic rings. The molecule has 0 bridgehead atoms. The molecule has 0 amide bonds. The van der Waals surface area contributed by atoms with E-state index in [0.717, 1.165) is 0 Å². The molecule has 3 rings (SSSR count). The Balaban J connectivity index is 1.92. The zero-order valence-electron chi connectivity index (χ0n) is 10.8. The van der Waals surface area contributed by atoms with Gasteiger partial charge in [0.15, 0.2) is 0 Å². The van der Waals surface area contributed by atoms with Gasteiger partial charge < -0.3 is 5.32 Å². The Morgan fingerprint density at radius 3 is 2.65 bits per heavy atom. The van der Waals surface area contributed by atoms with Gasteiger partial charge in [-0.25, -0.2) is 9.07 Å². The molecule has 100 valence electrons. The van der Waals surface area contributed by atoms with E-state index in [1.54, 1.807) is 36.1 Å². The minimum absolute atomic E-state index is 0.338. The lowest BCUT2D eigenvalue weighted by Crippen LogP contribution is -2.01. The normalized spacial score (nSPS) is 10.5. The van der Waals surface area contributed by atoms with Gasteiger partial charge in [-0.05, 0) is 24.3 Å². The highest BCUT2D eigenvalue weighted by molar-refractivity contribution is 5.57. The van der Waals surface area contributed by atoms with Crippen LogP contribution in [0.4, 0.5) is 16.0 Å². The summed E-state index contributed by atoms with van der Waals surface area (Å²) in [7, 11) is 1.74. The molecule has 0 unspecified atom stereocenters. The van der Waals surface area contributed by atoms with Crippen molar-refractivity contribution in [2.24, 2.45) is 7.05 Å². The molecule has 0 spiro atoms. The summed E-state index contributed by atoms with van der Waals surface area (Å²) in [6, 6.07) is 11.9. The van der Waals surface area contributed by atoms with Crippen molar-refractivity contribution in [1.82, 2.24) is 19.7 Å². The average molecular weight is 269 g/mol. The van der Waals surface area contributed by atoms with E-state index >= 15 is 0 Å². The van der Waals surface area contributed by atoms with E-state index in [-0.39, 0.29) is 5.82 Å². The van der Waals surface area contributed by atoms with Gasteiger partial charge >= 0.3 is 0 Å². The third-order valence-electron chi connectivity index (χ3n) is 2.78. The largest absolute Gasteiger partial charge is 0.322 e. The van der Waals surface area contributed by atoms with E-state index in [0.29, 0.717) is 23.2 Å². The Kier molecular flexibility index (Phi) is 3.12. The van der Waals surface area contributed by atoms with Crippen LogP contribution < -0.4 is 5.32 Å². The third kappa shape index (κ3) is 2.35. The van der Waals surface area contributed by atoms with E-state index in [1.807, 2.05) is 18.2 Å². The lowest BCUT2D eigenvalue weighted by molar-refractivity contribution is 0.631. The fraction of sp³-hybridized carbons (Fsp3) is 0.0714. The van der Waals surface area contributed by atoms with Crippen molar-refractivity contribution in [2.75, 3.05) is 5.32 Å². The summed E-state index contributed by atoms with van der Waals surface area (Å²) in [5, 5.41) is 7.18. The lowest BCUT2D eigenvalue weighted by atomic mass is 10.3. The van der Waals surface area contributed by atoms with Crippen LogP contribution in [0, 0.1) is 5.82 Å².